The van der Waals surface area contributed by atoms with Crippen LogP contribution in [0.4, 0.5) is 4.79 Å². The van der Waals surface area contributed by atoms with E-state index in [1.54, 1.807) is 12.1 Å². The highest BCUT2D eigenvalue weighted by Crippen LogP contribution is 2.23. The second-order valence-corrected chi connectivity index (χ2v) is 7.73. The maximum Gasteiger partial charge on any atom is 0.408 e. The SMILES string of the molecule is O=C(O)CCCSSCC[C@H](NC(=O)OCc1ccccc1)C(=O)O. The lowest BCUT2D eigenvalue weighted by Gasteiger charge is -2.14. The maximum atomic E-state index is 11.7. The molecular formula is C16H21NO6S2. The molecule has 0 unspecified atom stereocenters. The molecule has 0 fully saturated rings. The minimum Gasteiger partial charge on any atom is -0.481 e. The van der Waals surface area contributed by atoms with Gasteiger partial charge in [0.2, 0.25) is 0 Å². The maximum absolute atomic E-state index is 11.7. The number of nitrogens with one attached hydrogen (secondary N) is 1. The molecule has 1 rings (SSSR count). The number of hydrogen-bond donors (Lipinski definition) is 3. The molecule has 0 spiro atoms. The number of alkyl carbamates (subject to hydrolysis) is 1. The normalized spacial score (nSPS) is 11.5. The van der Waals surface area contributed by atoms with E-state index in [1.807, 2.05) is 18.2 Å². The van der Waals surface area contributed by atoms with Crippen molar-refractivity contribution in [2.24, 2.45) is 0 Å². The number of amides is 1. The van der Waals surface area contributed by atoms with Crippen molar-refractivity contribution in [3.05, 3.63) is 35.9 Å². The second kappa shape index (κ2) is 12.5. The third kappa shape index (κ3) is 10.6. The first-order valence-electron chi connectivity index (χ1n) is 7.65. The van der Waals surface area contributed by atoms with Crippen LogP contribution >= 0.6 is 21.6 Å². The Kier molecular flexibility index (Phi) is 10.6. The number of benzene rings is 1. The second-order valence-electron chi connectivity index (χ2n) is 5.03. The van der Waals surface area contributed by atoms with Crippen molar-refractivity contribution < 1.29 is 29.3 Å². The van der Waals surface area contributed by atoms with Crippen LogP contribution in [0, 0.1) is 0 Å². The molecule has 1 aromatic carbocycles. The van der Waals surface area contributed by atoms with Crippen LogP contribution in [0.15, 0.2) is 30.3 Å². The Morgan fingerprint density at radius 1 is 1.08 bits per heavy atom. The molecule has 0 aromatic heterocycles. The summed E-state index contributed by atoms with van der Waals surface area (Å²) in [7, 11) is 2.95. The molecule has 0 heterocycles. The van der Waals surface area contributed by atoms with E-state index in [4.69, 9.17) is 14.9 Å². The fourth-order valence-electron chi connectivity index (χ4n) is 1.73. The van der Waals surface area contributed by atoms with Crippen LogP contribution in [0.1, 0.15) is 24.8 Å². The van der Waals surface area contributed by atoms with Crippen molar-refractivity contribution in [1.82, 2.24) is 5.32 Å². The molecule has 1 atom stereocenters. The number of aliphatic carboxylic acids is 2. The predicted octanol–water partition coefficient (Wildman–Crippen LogP) is 3.00. The van der Waals surface area contributed by atoms with Crippen LogP contribution < -0.4 is 5.32 Å². The van der Waals surface area contributed by atoms with E-state index < -0.39 is 24.1 Å². The van der Waals surface area contributed by atoms with Crippen LogP contribution in [0.5, 0.6) is 0 Å². The summed E-state index contributed by atoms with van der Waals surface area (Å²) in [6, 6.07) is 8.08. The lowest BCUT2D eigenvalue weighted by atomic mass is 10.2. The van der Waals surface area contributed by atoms with Gasteiger partial charge in [-0.05, 0) is 18.4 Å². The summed E-state index contributed by atoms with van der Waals surface area (Å²) >= 11 is 0. The van der Waals surface area contributed by atoms with E-state index in [-0.39, 0.29) is 19.4 Å². The Balaban J connectivity index is 2.21. The summed E-state index contributed by atoms with van der Waals surface area (Å²) < 4.78 is 5.01. The van der Waals surface area contributed by atoms with Gasteiger partial charge in [0.1, 0.15) is 12.6 Å². The number of hydrogen-bond acceptors (Lipinski definition) is 6. The fraction of sp³-hybridized carbons (Fsp3) is 0.438. The van der Waals surface area contributed by atoms with Gasteiger partial charge >= 0.3 is 18.0 Å². The van der Waals surface area contributed by atoms with Crippen molar-refractivity contribution in [2.45, 2.75) is 31.9 Å². The summed E-state index contributed by atoms with van der Waals surface area (Å²) in [5.41, 5.74) is 0.817. The number of carboxylic acid groups (broad SMARTS) is 2. The topological polar surface area (TPSA) is 113 Å². The Labute approximate surface area is 153 Å². The third-order valence-corrected chi connectivity index (χ3v) is 5.52. The largest absolute Gasteiger partial charge is 0.481 e. The van der Waals surface area contributed by atoms with E-state index in [0.29, 0.717) is 17.9 Å². The molecular weight excluding hydrogens is 366 g/mol. The first kappa shape index (κ1) is 21.2. The van der Waals surface area contributed by atoms with Crippen LogP contribution in [-0.4, -0.2) is 45.8 Å². The zero-order valence-corrected chi connectivity index (χ0v) is 15.2. The van der Waals surface area contributed by atoms with Gasteiger partial charge in [0.15, 0.2) is 0 Å². The summed E-state index contributed by atoms with van der Waals surface area (Å²) in [5, 5.41) is 20.0. The van der Waals surface area contributed by atoms with Gasteiger partial charge in [-0.25, -0.2) is 9.59 Å². The van der Waals surface area contributed by atoms with E-state index >= 15 is 0 Å². The van der Waals surface area contributed by atoms with Gasteiger partial charge in [-0.3, -0.25) is 4.79 Å². The number of carbonyl (C=O) groups is 3. The number of ether oxygens (including phenoxy) is 1. The molecule has 1 amide bonds. The van der Waals surface area contributed by atoms with Crippen LogP contribution in [0.2, 0.25) is 0 Å². The molecule has 0 aliphatic carbocycles. The lowest BCUT2D eigenvalue weighted by molar-refractivity contribution is -0.139. The van der Waals surface area contributed by atoms with Gasteiger partial charge in [0.05, 0.1) is 0 Å². The van der Waals surface area contributed by atoms with Gasteiger partial charge in [0.25, 0.3) is 0 Å². The van der Waals surface area contributed by atoms with Crippen molar-refractivity contribution in [3.8, 4) is 0 Å². The minimum atomic E-state index is -1.12. The number of rotatable bonds is 12. The molecule has 0 radical (unpaired) electrons. The monoisotopic (exact) mass is 387 g/mol. The first-order chi connectivity index (χ1) is 12.0. The standard InChI is InChI=1S/C16H21NO6S2/c18-14(19)7-4-9-24-25-10-8-13(15(20)21)17-16(22)23-11-12-5-2-1-3-6-12/h1-3,5-6,13H,4,7-11H2,(H,17,22)(H,18,19)(H,20,21)/t13-/m0/s1. The predicted molar refractivity (Wildman–Crippen MR) is 97.6 cm³/mol. The molecule has 7 nitrogen and oxygen atoms in total. The van der Waals surface area contributed by atoms with E-state index in [1.165, 1.54) is 21.6 Å². The van der Waals surface area contributed by atoms with Crippen LogP contribution in [-0.2, 0) is 20.9 Å². The molecule has 9 heteroatoms. The van der Waals surface area contributed by atoms with Crippen molar-refractivity contribution >= 4 is 39.6 Å². The molecule has 25 heavy (non-hydrogen) atoms. The van der Waals surface area contributed by atoms with Gasteiger partial charge in [-0.2, -0.15) is 0 Å². The van der Waals surface area contributed by atoms with Crippen molar-refractivity contribution in [3.63, 3.8) is 0 Å². The average molecular weight is 387 g/mol. The summed E-state index contributed by atoms with van der Waals surface area (Å²) in [6.07, 6.45) is 0.182. The van der Waals surface area contributed by atoms with Crippen molar-refractivity contribution in [1.29, 1.82) is 0 Å². The summed E-state index contributed by atoms with van der Waals surface area (Å²) in [6.45, 7) is 0.0766. The Bertz CT molecular complexity index is 555. The number of carbonyl (C=O) groups excluding carboxylic acids is 1. The van der Waals surface area contributed by atoms with E-state index in [0.717, 1.165) is 5.56 Å². The summed E-state index contributed by atoms with van der Waals surface area (Å²) in [5.74, 6) is -0.738. The number of carboxylic acids is 2. The average Bonchev–Trinajstić information content (AvgIpc) is 2.58. The summed E-state index contributed by atoms with van der Waals surface area (Å²) in [4.78, 5) is 33.3. The zero-order valence-electron chi connectivity index (χ0n) is 13.6. The van der Waals surface area contributed by atoms with Crippen LogP contribution in [0.3, 0.4) is 0 Å². The highest BCUT2D eigenvalue weighted by Gasteiger charge is 2.20. The van der Waals surface area contributed by atoms with Crippen molar-refractivity contribution in [2.75, 3.05) is 11.5 Å². The highest BCUT2D eigenvalue weighted by molar-refractivity contribution is 8.76. The fourth-order valence-corrected chi connectivity index (χ4v) is 3.91. The van der Waals surface area contributed by atoms with Gasteiger partial charge in [-0.15, -0.1) is 0 Å². The molecule has 0 bridgehead atoms. The lowest BCUT2D eigenvalue weighted by Crippen LogP contribution is -2.41. The van der Waals surface area contributed by atoms with E-state index in [2.05, 4.69) is 5.32 Å². The zero-order chi connectivity index (χ0) is 18.5. The molecule has 3 N–H and O–H groups in total. The third-order valence-electron chi connectivity index (χ3n) is 2.99. The van der Waals surface area contributed by atoms with Gasteiger partial charge in [-0.1, -0.05) is 51.9 Å². The smallest absolute Gasteiger partial charge is 0.408 e. The van der Waals surface area contributed by atoms with E-state index in [9.17, 15) is 14.4 Å². The molecule has 0 saturated heterocycles. The Hall–Kier alpha value is -1.87. The van der Waals surface area contributed by atoms with Gasteiger partial charge < -0.3 is 20.3 Å². The highest BCUT2D eigenvalue weighted by atomic mass is 33.1. The molecule has 0 aliphatic rings. The molecule has 138 valence electrons. The molecule has 1 aromatic rings. The molecule has 0 saturated carbocycles. The quantitative estimate of drug-likeness (QED) is 0.371. The Morgan fingerprint density at radius 3 is 2.40 bits per heavy atom. The minimum absolute atomic E-state index is 0.0766. The first-order valence-corrected chi connectivity index (χ1v) is 10.1. The molecule has 0 aliphatic heterocycles. The van der Waals surface area contributed by atoms with Crippen LogP contribution in [0.25, 0.3) is 0 Å². The van der Waals surface area contributed by atoms with Gasteiger partial charge in [0, 0.05) is 17.9 Å². The Morgan fingerprint density at radius 2 is 1.76 bits per heavy atom.